The molecule has 0 bridgehead atoms. The smallest absolute Gasteiger partial charge is 0.414 e. The molecule has 1 atom stereocenters. The van der Waals surface area contributed by atoms with Gasteiger partial charge < -0.3 is 15.0 Å². The van der Waals surface area contributed by atoms with E-state index < -0.39 is 22.9 Å². The summed E-state index contributed by atoms with van der Waals surface area (Å²) in [6, 6.07) is 7.64. The second kappa shape index (κ2) is 9.53. The Morgan fingerprint density at radius 1 is 1.39 bits per heavy atom. The lowest BCUT2D eigenvalue weighted by Crippen LogP contribution is -2.33. The highest BCUT2D eigenvalue weighted by molar-refractivity contribution is 7.19. The summed E-state index contributed by atoms with van der Waals surface area (Å²) in [6.07, 6.45) is -0.377. The average molecular weight is 476 g/mol. The number of thiophene rings is 1. The first-order valence-corrected chi connectivity index (χ1v) is 11.2. The Morgan fingerprint density at radius 2 is 2.21 bits per heavy atom. The molecule has 3 heterocycles. The molecule has 0 aliphatic carbocycles. The first-order valence-electron chi connectivity index (χ1n) is 10.4. The van der Waals surface area contributed by atoms with Crippen LogP contribution in [0.1, 0.15) is 18.9 Å². The fourth-order valence-corrected chi connectivity index (χ4v) is 4.58. The number of amides is 2. The quantitative estimate of drug-likeness (QED) is 0.507. The van der Waals surface area contributed by atoms with Gasteiger partial charge in [-0.3, -0.25) is 24.8 Å². The Hall–Kier alpha value is -3.54. The normalized spacial score (nSPS) is 18.5. The average Bonchev–Trinajstić information content (AvgIpc) is 3.33. The molecule has 1 N–H and O–H groups in total. The molecule has 0 radical (unpaired) electrons. The highest BCUT2D eigenvalue weighted by atomic mass is 32.1. The molecule has 174 valence electrons. The van der Waals surface area contributed by atoms with Gasteiger partial charge in [-0.25, -0.2) is 9.18 Å². The van der Waals surface area contributed by atoms with Crippen molar-refractivity contribution in [2.24, 2.45) is 4.99 Å². The number of anilines is 2. The second-order valence-electron chi connectivity index (χ2n) is 7.69. The largest absolute Gasteiger partial charge is 0.442 e. The van der Waals surface area contributed by atoms with Crippen molar-refractivity contribution in [2.45, 2.75) is 19.4 Å². The number of nitrogens with zero attached hydrogens (tertiary/aromatic N) is 4. The number of hydrogen-bond donors (Lipinski definition) is 1. The SMILES string of the molecule is CC(=O)NC[C@H]1CN(c2ccc(C3=NCCCN(c4ccc([N+](=O)[O-])s4)C3)c(F)c2)C(=O)O1. The fraction of sp³-hybridized carbons (Fsp3) is 0.381. The van der Waals surface area contributed by atoms with Gasteiger partial charge in [0.25, 0.3) is 0 Å². The standard InChI is InChI=1S/C21H22FN5O5S/c1-13(28)24-10-15-11-26(21(29)32-15)14-3-4-16(17(22)9-14)18-12-25(8-2-7-23-18)19-5-6-20(33-19)27(30)31/h3-6,9,15H,2,7-8,10-12H2,1H3,(H,24,28)/t15-/m0/s1. The predicted octanol–water partition coefficient (Wildman–Crippen LogP) is 2.96. The summed E-state index contributed by atoms with van der Waals surface area (Å²) in [4.78, 5) is 41.7. The molecule has 0 unspecified atom stereocenters. The minimum absolute atomic E-state index is 0.0533. The number of nitrogens with one attached hydrogen (secondary N) is 1. The minimum atomic E-state index is -0.602. The Kier molecular flexibility index (Phi) is 6.54. The summed E-state index contributed by atoms with van der Waals surface area (Å²) in [5.74, 6) is -0.751. The van der Waals surface area contributed by atoms with Crippen molar-refractivity contribution in [2.75, 3.05) is 42.5 Å². The fourth-order valence-electron chi connectivity index (χ4n) is 3.73. The highest BCUT2D eigenvalue weighted by Gasteiger charge is 2.33. The number of ether oxygens (including phenoxy) is 1. The van der Waals surface area contributed by atoms with Gasteiger partial charge in [-0.05, 0) is 42.0 Å². The molecule has 1 aromatic heterocycles. The Morgan fingerprint density at radius 3 is 2.91 bits per heavy atom. The maximum absolute atomic E-state index is 15.1. The topological polar surface area (TPSA) is 117 Å². The van der Waals surface area contributed by atoms with E-state index in [-0.39, 0.29) is 24.0 Å². The predicted molar refractivity (Wildman–Crippen MR) is 122 cm³/mol. The van der Waals surface area contributed by atoms with E-state index >= 15 is 4.39 Å². The molecule has 2 aliphatic rings. The lowest BCUT2D eigenvalue weighted by molar-refractivity contribution is -0.380. The van der Waals surface area contributed by atoms with Gasteiger partial charge >= 0.3 is 11.1 Å². The van der Waals surface area contributed by atoms with Crippen molar-refractivity contribution in [1.29, 1.82) is 0 Å². The summed E-state index contributed by atoms with van der Waals surface area (Å²) < 4.78 is 20.4. The molecule has 2 aromatic rings. The zero-order chi connectivity index (χ0) is 23.5. The number of nitro groups is 1. The second-order valence-corrected chi connectivity index (χ2v) is 8.73. The number of hydrogen-bond acceptors (Lipinski definition) is 8. The molecule has 0 saturated carbocycles. The molecule has 2 aliphatic heterocycles. The van der Waals surface area contributed by atoms with Gasteiger partial charge in [0.1, 0.15) is 11.9 Å². The van der Waals surface area contributed by atoms with Gasteiger partial charge in [-0.1, -0.05) is 0 Å². The van der Waals surface area contributed by atoms with Crippen LogP contribution in [0.5, 0.6) is 0 Å². The summed E-state index contributed by atoms with van der Waals surface area (Å²) in [5.41, 5.74) is 1.21. The zero-order valence-electron chi connectivity index (χ0n) is 17.8. The maximum atomic E-state index is 15.1. The molecular formula is C21H22FN5O5S. The van der Waals surface area contributed by atoms with Crippen LogP contribution in [0.2, 0.25) is 0 Å². The lowest BCUT2D eigenvalue weighted by atomic mass is 10.1. The van der Waals surface area contributed by atoms with Crippen LogP contribution < -0.4 is 15.1 Å². The van der Waals surface area contributed by atoms with E-state index in [1.54, 1.807) is 18.2 Å². The number of benzene rings is 1. The summed E-state index contributed by atoms with van der Waals surface area (Å²) in [6.45, 7) is 3.25. The molecule has 12 heteroatoms. The van der Waals surface area contributed by atoms with Crippen LogP contribution in [-0.2, 0) is 9.53 Å². The number of carbonyl (C=O) groups is 2. The summed E-state index contributed by atoms with van der Waals surface area (Å²) in [7, 11) is 0. The molecule has 1 fully saturated rings. The lowest BCUT2D eigenvalue weighted by Gasteiger charge is -2.21. The summed E-state index contributed by atoms with van der Waals surface area (Å²) >= 11 is 1.08. The van der Waals surface area contributed by atoms with Crippen LogP contribution in [-0.4, -0.2) is 61.5 Å². The Balaban J connectivity index is 1.50. The monoisotopic (exact) mass is 475 g/mol. The third kappa shape index (κ3) is 5.11. The zero-order valence-corrected chi connectivity index (χ0v) is 18.6. The van der Waals surface area contributed by atoms with E-state index in [1.807, 2.05) is 4.90 Å². The van der Waals surface area contributed by atoms with E-state index in [4.69, 9.17) is 4.74 Å². The van der Waals surface area contributed by atoms with E-state index in [0.717, 1.165) is 22.8 Å². The van der Waals surface area contributed by atoms with Gasteiger partial charge in [0, 0.05) is 31.6 Å². The molecule has 33 heavy (non-hydrogen) atoms. The molecule has 1 aromatic carbocycles. The summed E-state index contributed by atoms with van der Waals surface area (Å²) in [5, 5.41) is 14.4. The van der Waals surface area contributed by atoms with Crippen LogP contribution >= 0.6 is 11.3 Å². The van der Waals surface area contributed by atoms with Crippen LogP contribution in [0.25, 0.3) is 0 Å². The van der Waals surface area contributed by atoms with Gasteiger partial charge in [0.2, 0.25) is 5.91 Å². The highest BCUT2D eigenvalue weighted by Crippen LogP contribution is 2.32. The number of halogens is 1. The molecule has 2 amide bonds. The van der Waals surface area contributed by atoms with Crippen molar-refractivity contribution in [1.82, 2.24) is 5.32 Å². The number of rotatable bonds is 6. The third-order valence-electron chi connectivity index (χ3n) is 5.33. The molecule has 10 nitrogen and oxygen atoms in total. The first-order chi connectivity index (χ1) is 15.8. The van der Waals surface area contributed by atoms with Crippen LogP contribution in [0.3, 0.4) is 0 Å². The van der Waals surface area contributed by atoms with Crippen molar-refractivity contribution < 1.29 is 23.6 Å². The maximum Gasteiger partial charge on any atom is 0.414 e. The Labute approximate surface area is 192 Å². The van der Waals surface area contributed by atoms with Gasteiger partial charge in [0.05, 0.1) is 41.0 Å². The molecule has 0 spiro atoms. The van der Waals surface area contributed by atoms with Crippen molar-refractivity contribution in [3.8, 4) is 0 Å². The van der Waals surface area contributed by atoms with Crippen LogP contribution in [0.15, 0.2) is 35.3 Å². The molecular weight excluding hydrogens is 453 g/mol. The molecule has 4 rings (SSSR count). The van der Waals surface area contributed by atoms with E-state index in [1.165, 1.54) is 24.0 Å². The van der Waals surface area contributed by atoms with E-state index in [0.29, 0.717) is 36.6 Å². The molecule has 1 saturated heterocycles. The number of cyclic esters (lactones) is 1. The van der Waals surface area contributed by atoms with Crippen molar-refractivity contribution in [3.63, 3.8) is 0 Å². The first kappa shape index (κ1) is 22.6. The van der Waals surface area contributed by atoms with E-state index in [2.05, 4.69) is 10.3 Å². The van der Waals surface area contributed by atoms with Gasteiger partial charge in [-0.2, -0.15) is 0 Å². The van der Waals surface area contributed by atoms with Crippen molar-refractivity contribution in [3.05, 3.63) is 51.8 Å². The van der Waals surface area contributed by atoms with Crippen molar-refractivity contribution >= 4 is 44.7 Å². The third-order valence-corrected chi connectivity index (χ3v) is 6.42. The van der Waals surface area contributed by atoms with Crippen LogP contribution in [0, 0.1) is 15.9 Å². The van der Waals surface area contributed by atoms with Gasteiger partial charge in [-0.15, -0.1) is 0 Å². The van der Waals surface area contributed by atoms with Gasteiger partial charge in [0.15, 0.2) is 0 Å². The number of aliphatic imine (C=N–C) groups is 1. The van der Waals surface area contributed by atoms with Crippen LogP contribution in [0.4, 0.5) is 24.9 Å². The Bertz CT molecular complexity index is 1120. The minimum Gasteiger partial charge on any atom is -0.442 e. The number of carbonyl (C=O) groups excluding carboxylic acids is 2. The van der Waals surface area contributed by atoms with E-state index in [9.17, 15) is 19.7 Å².